The normalized spacial score (nSPS) is 10.8. The molecule has 4 nitrogen and oxygen atoms in total. The van der Waals surface area contributed by atoms with Crippen LogP contribution < -0.4 is 10.1 Å². The first kappa shape index (κ1) is 14.5. The fraction of sp³-hybridized carbons (Fsp3) is 0.176. The molecule has 0 atom stereocenters. The van der Waals surface area contributed by atoms with Crippen LogP contribution >= 0.6 is 11.5 Å². The van der Waals surface area contributed by atoms with E-state index in [-0.39, 0.29) is 10.6 Å². The number of anilines is 1. The van der Waals surface area contributed by atoms with Gasteiger partial charge in [0, 0.05) is 12.1 Å². The second-order valence-electron chi connectivity index (χ2n) is 5.03. The molecule has 3 aromatic rings. The lowest BCUT2D eigenvalue weighted by Gasteiger charge is -2.06. The molecule has 1 aromatic heterocycles. The van der Waals surface area contributed by atoms with Crippen molar-refractivity contribution in [2.75, 3.05) is 5.32 Å². The molecule has 0 saturated heterocycles. The summed E-state index contributed by atoms with van der Waals surface area (Å²) in [6, 6.07) is 15.5. The third kappa shape index (κ3) is 2.94. The van der Waals surface area contributed by atoms with Gasteiger partial charge in [0.2, 0.25) is 5.91 Å². The lowest BCUT2D eigenvalue weighted by molar-refractivity contribution is -0.115. The van der Waals surface area contributed by atoms with Crippen molar-refractivity contribution in [3.05, 3.63) is 63.6 Å². The Kier molecular flexibility index (Phi) is 4.06. The molecule has 0 bridgehead atoms. The summed E-state index contributed by atoms with van der Waals surface area (Å²) in [7, 11) is 0. The Morgan fingerprint density at radius 3 is 2.68 bits per heavy atom. The molecule has 2 aromatic carbocycles. The molecule has 0 spiro atoms. The van der Waals surface area contributed by atoms with E-state index in [2.05, 4.69) is 5.32 Å². The van der Waals surface area contributed by atoms with Gasteiger partial charge in [0.15, 0.2) is 0 Å². The molecule has 5 heteroatoms. The van der Waals surface area contributed by atoms with Crippen LogP contribution in [0.2, 0.25) is 0 Å². The number of carbonyl (C=O) groups excluding carboxylic acids is 1. The number of nitrogens with one attached hydrogen (secondary N) is 1. The maximum Gasteiger partial charge on any atom is 0.257 e. The molecule has 0 unspecified atom stereocenters. The zero-order valence-corrected chi connectivity index (χ0v) is 13.0. The van der Waals surface area contributed by atoms with Gasteiger partial charge in [0.1, 0.15) is 0 Å². The standard InChI is InChI=1S/C17H16N2O2S/c1-2-16(20)18-13-8-9-15-14(10-13)17(21)22-19(15)11-12-6-4-3-5-7-12/h3-10H,2,11H2,1H3,(H,18,20). The molecule has 1 N–H and O–H groups in total. The highest BCUT2D eigenvalue weighted by Crippen LogP contribution is 2.20. The maximum atomic E-state index is 12.2. The van der Waals surface area contributed by atoms with Crippen molar-refractivity contribution in [3.8, 4) is 0 Å². The summed E-state index contributed by atoms with van der Waals surface area (Å²) in [5, 5.41) is 3.44. The predicted molar refractivity (Wildman–Crippen MR) is 90.5 cm³/mol. The van der Waals surface area contributed by atoms with Crippen molar-refractivity contribution in [2.45, 2.75) is 19.9 Å². The molecule has 1 heterocycles. The highest BCUT2D eigenvalue weighted by atomic mass is 32.1. The highest BCUT2D eigenvalue weighted by Gasteiger charge is 2.09. The molecule has 1 amide bonds. The summed E-state index contributed by atoms with van der Waals surface area (Å²) < 4.78 is 2.00. The second-order valence-corrected chi connectivity index (χ2v) is 6.03. The first-order valence-corrected chi connectivity index (χ1v) is 7.92. The Bertz CT molecular complexity index is 865. The average molecular weight is 312 g/mol. The van der Waals surface area contributed by atoms with Gasteiger partial charge >= 0.3 is 0 Å². The van der Waals surface area contributed by atoms with Gasteiger partial charge in [-0.25, -0.2) is 0 Å². The molecule has 0 aliphatic rings. The number of benzene rings is 2. The third-order valence-electron chi connectivity index (χ3n) is 3.45. The van der Waals surface area contributed by atoms with Gasteiger partial charge in [-0.15, -0.1) is 0 Å². The third-order valence-corrected chi connectivity index (χ3v) is 4.38. The summed E-state index contributed by atoms with van der Waals surface area (Å²) in [6.07, 6.45) is 0.417. The molecule has 0 aliphatic heterocycles. The minimum atomic E-state index is -0.0563. The summed E-state index contributed by atoms with van der Waals surface area (Å²) >= 11 is 1.20. The Morgan fingerprint density at radius 2 is 1.95 bits per heavy atom. The van der Waals surface area contributed by atoms with Crippen LogP contribution in [0.25, 0.3) is 10.9 Å². The van der Waals surface area contributed by atoms with Crippen molar-refractivity contribution in [1.82, 2.24) is 3.96 Å². The topological polar surface area (TPSA) is 51.1 Å². The maximum absolute atomic E-state index is 12.2. The van der Waals surface area contributed by atoms with Crippen LogP contribution in [-0.4, -0.2) is 9.86 Å². The first-order valence-electron chi connectivity index (χ1n) is 7.15. The summed E-state index contributed by atoms with van der Waals surface area (Å²) in [5.74, 6) is -0.0563. The summed E-state index contributed by atoms with van der Waals surface area (Å²) in [4.78, 5) is 23.6. The minimum absolute atomic E-state index is 0.0125. The SMILES string of the molecule is CCC(=O)Nc1ccc2c(c1)c(=O)sn2Cc1ccccc1. The van der Waals surface area contributed by atoms with Gasteiger partial charge in [-0.05, 0) is 35.3 Å². The Morgan fingerprint density at radius 1 is 1.18 bits per heavy atom. The van der Waals surface area contributed by atoms with E-state index in [1.807, 2.05) is 46.4 Å². The second kappa shape index (κ2) is 6.15. The fourth-order valence-corrected chi connectivity index (χ4v) is 3.24. The fourth-order valence-electron chi connectivity index (χ4n) is 2.31. The minimum Gasteiger partial charge on any atom is -0.326 e. The number of carbonyl (C=O) groups is 1. The first-order chi connectivity index (χ1) is 10.7. The van der Waals surface area contributed by atoms with Crippen molar-refractivity contribution in [1.29, 1.82) is 0 Å². The number of hydrogen-bond donors (Lipinski definition) is 1. The molecule has 112 valence electrons. The van der Waals surface area contributed by atoms with E-state index >= 15 is 0 Å². The monoisotopic (exact) mass is 312 g/mol. The average Bonchev–Trinajstić information content (AvgIpc) is 2.84. The molecule has 0 fully saturated rings. The largest absolute Gasteiger partial charge is 0.326 e. The zero-order chi connectivity index (χ0) is 15.5. The summed E-state index contributed by atoms with van der Waals surface area (Å²) in [6.45, 7) is 2.47. The van der Waals surface area contributed by atoms with Crippen LogP contribution in [0.4, 0.5) is 5.69 Å². The van der Waals surface area contributed by atoms with E-state index < -0.39 is 0 Å². The van der Waals surface area contributed by atoms with E-state index in [9.17, 15) is 9.59 Å². The predicted octanol–water partition coefficient (Wildman–Crippen LogP) is 3.46. The van der Waals surface area contributed by atoms with Crippen molar-refractivity contribution in [3.63, 3.8) is 0 Å². The van der Waals surface area contributed by atoms with Crippen LogP contribution in [0, 0.1) is 0 Å². The van der Waals surface area contributed by atoms with E-state index in [1.54, 1.807) is 13.0 Å². The lowest BCUT2D eigenvalue weighted by atomic mass is 10.2. The van der Waals surface area contributed by atoms with E-state index in [0.717, 1.165) is 11.1 Å². The van der Waals surface area contributed by atoms with Crippen LogP contribution in [0.15, 0.2) is 53.3 Å². The van der Waals surface area contributed by atoms with Gasteiger partial charge < -0.3 is 5.32 Å². The van der Waals surface area contributed by atoms with Crippen LogP contribution in [-0.2, 0) is 11.3 Å². The summed E-state index contributed by atoms with van der Waals surface area (Å²) in [5.41, 5.74) is 2.72. The Labute approximate surface area is 132 Å². The van der Waals surface area contributed by atoms with Gasteiger partial charge in [0.05, 0.1) is 17.4 Å². The van der Waals surface area contributed by atoms with E-state index in [4.69, 9.17) is 0 Å². The Hall–Kier alpha value is -2.40. The van der Waals surface area contributed by atoms with Gasteiger partial charge in [0.25, 0.3) is 4.74 Å². The lowest BCUT2D eigenvalue weighted by Crippen LogP contribution is -2.09. The van der Waals surface area contributed by atoms with Crippen molar-refractivity contribution >= 4 is 34.0 Å². The van der Waals surface area contributed by atoms with Gasteiger partial charge in [-0.3, -0.25) is 13.5 Å². The van der Waals surface area contributed by atoms with Gasteiger partial charge in [-0.1, -0.05) is 37.3 Å². The van der Waals surface area contributed by atoms with Crippen molar-refractivity contribution < 1.29 is 4.79 Å². The zero-order valence-electron chi connectivity index (χ0n) is 12.2. The molecular formula is C17H16N2O2S. The van der Waals surface area contributed by atoms with Crippen molar-refractivity contribution in [2.24, 2.45) is 0 Å². The van der Waals surface area contributed by atoms with Crippen LogP contribution in [0.3, 0.4) is 0 Å². The molecule has 0 aliphatic carbocycles. The number of fused-ring (bicyclic) bond motifs is 1. The number of nitrogens with zero attached hydrogens (tertiary/aromatic N) is 1. The molecule has 22 heavy (non-hydrogen) atoms. The molecule has 3 rings (SSSR count). The number of amides is 1. The number of hydrogen-bond acceptors (Lipinski definition) is 3. The van der Waals surface area contributed by atoms with Gasteiger partial charge in [-0.2, -0.15) is 0 Å². The van der Waals surface area contributed by atoms with E-state index in [1.165, 1.54) is 11.5 Å². The molecule has 0 radical (unpaired) electrons. The molecule has 0 saturated carbocycles. The molecular weight excluding hydrogens is 296 g/mol. The number of rotatable bonds is 4. The number of aromatic nitrogens is 1. The Balaban J connectivity index is 1.97. The quantitative estimate of drug-likeness (QED) is 0.802. The van der Waals surface area contributed by atoms with Crippen LogP contribution in [0.5, 0.6) is 0 Å². The van der Waals surface area contributed by atoms with E-state index in [0.29, 0.717) is 24.0 Å². The van der Waals surface area contributed by atoms with Crippen LogP contribution in [0.1, 0.15) is 18.9 Å². The smallest absolute Gasteiger partial charge is 0.257 e. The highest BCUT2D eigenvalue weighted by molar-refractivity contribution is 7.05.